The van der Waals surface area contributed by atoms with Gasteiger partial charge in [-0.2, -0.15) is 0 Å². The van der Waals surface area contributed by atoms with Crippen LogP contribution in [0.5, 0.6) is 0 Å². The van der Waals surface area contributed by atoms with E-state index in [4.69, 9.17) is 28.6 Å². The molecule has 6 atom stereocenters. The average molecular weight is 390 g/mol. The van der Waals surface area contributed by atoms with Gasteiger partial charge in [-0.3, -0.25) is 9.05 Å². The van der Waals surface area contributed by atoms with Gasteiger partial charge in [-0.05, 0) is 17.8 Å². The molecule has 10 nitrogen and oxygen atoms in total. The molecule has 0 aromatic heterocycles. The Morgan fingerprint density at radius 3 is 1.38 bits per heavy atom. The Bertz CT molecular complexity index is 498. The molecular formula is C12H24O10P2. The van der Waals surface area contributed by atoms with Crippen LogP contribution in [0.2, 0.25) is 0 Å². The molecule has 12 heteroatoms. The molecule has 0 aromatic carbocycles. The summed E-state index contributed by atoms with van der Waals surface area (Å²) in [4.78, 5) is 36.1. The highest BCUT2D eigenvalue weighted by atomic mass is 31.2. The van der Waals surface area contributed by atoms with Crippen LogP contribution >= 0.6 is 15.6 Å². The van der Waals surface area contributed by atoms with Crippen LogP contribution in [0.1, 0.15) is 26.7 Å². The SMILES string of the molecule is CC1C(OP(=O)(O)O)CC(O)C2C(O)CC(OP(=O)(O)O)C(C)C12. The van der Waals surface area contributed by atoms with Crippen molar-refractivity contribution in [1.82, 2.24) is 0 Å². The van der Waals surface area contributed by atoms with Crippen LogP contribution in [0.25, 0.3) is 0 Å². The first-order chi connectivity index (χ1) is 10.8. The second kappa shape index (κ2) is 7.04. The molecule has 0 spiro atoms. The summed E-state index contributed by atoms with van der Waals surface area (Å²) in [6.07, 6.45) is -4.05. The third kappa shape index (κ3) is 4.65. The van der Waals surface area contributed by atoms with Crippen molar-refractivity contribution in [3.8, 4) is 0 Å². The molecular weight excluding hydrogens is 366 g/mol. The Hall–Kier alpha value is 0.140. The van der Waals surface area contributed by atoms with E-state index in [1.165, 1.54) is 0 Å². The van der Waals surface area contributed by atoms with E-state index in [1.54, 1.807) is 13.8 Å². The first-order valence-corrected chi connectivity index (χ1v) is 10.7. The first kappa shape index (κ1) is 20.5. The van der Waals surface area contributed by atoms with Crippen molar-refractivity contribution in [3.05, 3.63) is 0 Å². The van der Waals surface area contributed by atoms with Crippen LogP contribution in [-0.4, -0.2) is 54.2 Å². The Kier molecular flexibility index (Phi) is 6.00. The van der Waals surface area contributed by atoms with Gasteiger partial charge in [0.25, 0.3) is 0 Å². The van der Waals surface area contributed by atoms with Crippen LogP contribution in [0, 0.1) is 23.7 Å². The number of phosphoric acid groups is 2. The second-order valence-corrected chi connectivity index (χ2v) is 9.13. The monoisotopic (exact) mass is 390 g/mol. The van der Waals surface area contributed by atoms with Crippen LogP contribution in [0.3, 0.4) is 0 Å². The van der Waals surface area contributed by atoms with Crippen LogP contribution in [-0.2, 0) is 18.2 Å². The second-order valence-electron chi connectivity index (χ2n) is 6.75. The predicted molar refractivity (Wildman–Crippen MR) is 80.4 cm³/mol. The van der Waals surface area contributed by atoms with E-state index in [0.717, 1.165) is 0 Å². The Morgan fingerprint density at radius 2 is 1.08 bits per heavy atom. The van der Waals surface area contributed by atoms with Crippen molar-refractivity contribution in [3.63, 3.8) is 0 Å². The topological polar surface area (TPSA) is 174 Å². The highest BCUT2D eigenvalue weighted by Crippen LogP contribution is 2.53. The van der Waals surface area contributed by atoms with Crippen molar-refractivity contribution in [2.45, 2.75) is 51.1 Å². The van der Waals surface area contributed by atoms with Gasteiger partial charge in [-0.1, -0.05) is 13.8 Å². The quantitative estimate of drug-likeness (QED) is 0.358. The minimum Gasteiger partial charge on any atom is -0.393 e. The van der Waals surface area contributed by atoms with Gasteiger partial charge in [0.2, 0.25) is 0 Å². The van der Waals surface area contributed by atoms with Crippen molar-refractivity contribution in [2.24, 2.45) is 23.7 Å². The van der Waals surface area contributed by atoms with Crippen molar-refractivity contribution in [1.29, 1.82) is 0 Å². The smallest absolute Gasteiger partial charge is 0.393 e. The minimum atomic E-state index is -4.76. The molecule has 2 fully saturated rings. The van der Waals surface area contributed by atoms with E-state index in [1.807, 2.05) is 0 Å². The molecule has 2 aliphatic rings. The maximum Gasteiger partial charge on any atom is 0.469 e. The van der Waals surface area contributed by atoms with Crippen LogP contribution < -0.4 is 0 Å². The molecule has 142 valence electrons. The molecule has 6 N–H and O–H groups in total. The Balaban J connectivity index is 2.26. The lowest BCUT2D eigenvalue weighted by atomic mass is 9.58. The van der Waals surface area contributed by atoms with E-state index in [9.17, 15) is 19.3 Å². The van der Waals surface area contributed by atoms with Gasteiger partial charge in [0.15, 0.2) is 0 Å². The number of aliphatic hydroxyl groups excluding tert-OH is 2. The summed E-state index contributed by atoms with van der Waals surface area (Å²) in [6, 6.07) is 0. The van der Waals surface area contributed by atoms with Crippen LogP contribution in [0.4, 0.5) is 0 Å². The first-order valence-electron chi connectivity index (χ1n) is 7.64. The molecule has 2 aliphatic carbocycles. The number of aliphatic hydroxyl groups is 2. The standard InChI is InChI=1S/C12H24O10P2/c1-5-9(21-23(15,16)17)3-7(13)12-8(14)4-10(6(2)11(5)12)22-24(18,19)20/h5-14H,3-4H2,1-2H3,(H2,15,16,17)(H2,18,19,20). The van der Waals surface area contributed by atoms with Crippen molar-refractivity contribution < 1.29 is 48.0 Å². The third-order valence-corrected chi connectivity index (χ3v) is 6.30. The molecule has 2 rings (SSSR count). The zero-order chi connectivity index (χ0) is 18.4. The fraction of sp³-hybridized carbons (Fsp3) is 1.00. The summed E-state index contributed by atoms with van der Waals surface area (Å²) in [5, 5.41) is 20.6. The lowest BCUT2D eigenvalue weighted by molar-refractivity contribution is -0.163. The van der Waals surface area contributed by atoms with Gasteiger partial charge < -0.3 is 29.8 Å². The number of hydrogen-bond acceptors (Lipinski definition) is 6. The number of fused-ring (bicyclic) bond motifs is 1. The number of hydrogen-bond donors (Lipinski definition) is 6. The fourth-order valence-corrected chi connectivity index (χ4v) is 5.56. The molecule has 0 aromatic rings. The lowest BCUT2D eigenvalue weighted by Gasteiger charge is -2.53. The molecule has 6 unspecified atom stereocenters. The van der Waals surface area contributed by atoms with Gasteiger partial charge in [-0.15, -0.1) is 0 Å². The Morgan fingerprint density at radius 1 is 0.750 bits per heavy atom. The van der Waals surface area contributed by atoms with Gasteiger partial charge in [-0.25, -0.2) is 9.13 Å². The summed E-state index contributed by atoms with van der Waals surface area (Å²) in [5.74, 6) is -1.98. The van der Waals surface area contributed by atoms with E-state index in [-0.39, 0.29) is 12.8 Å². The van der Waals surface area contributed by atoms with E-state index in [0.29, 0.717) is 0 Å². The Labute approximate surface area is 139 Å². The number of rotatable bonds is 4. The molecule has 0 amide bonds. The average Bonchev–Trinajstić information content (AvgIpc) is 2.36. The van der Waals surface area contributed by atoms with E-state index in [2.05, 4.69) is 0 Å². The summed E-state index contributed by atoms with van der Waals surface area (Å²) in [6.45, 7) is 3.35. The largest absolute Gasteiger partial charge is 0.469 e. The molecule has 24 heavy (non-hydrogen) atoms. The molecule has 0 bridgehead atoms. The summed E-state index contributed by atoms with van der Waals surface area (Å²) in [5.41, 5.74) is 0. The molecule has 0 saturated heterocycles. The maximum atomic E-state index is 11.1. The zero-order valence-electron chi connectivity index (χ0n) is 13.2. The molecule has 0 aliphatic heterocycles. The van der Waals surface area contributed by atoms with Crippen molar-refractivity contribution >= 4 is 15.6 Å². The molecule has 2 saturated carbocycles. The highest BCUT2D eigenvalue weighted by molar-refractivity contribution is 7.46. The third-order valence-electron chi connectivity index (χ3n) is 5.21. The van der Waals surface area contributed by atoms with Crippen molar-refractivity contribution in [2.75, 3.05) is 0 Å². The lowest BCUT2D eigenvalue weighted by Crippen LogP contribution is -2.57. The maximum absolute atomic E-state index is 11.1. The fourth-order valence-electron chi connectivity index (χ4n) is 4.30. The normalized spacial score (nSPS) is 44.2. The van der Waals surface area contributed by atoms with E-state index >= 15 is 0 Å². The van der Waals surface area contributed by atoms with Gasteiger partial charge in [0.05, 0.1) is 24.4 Å². The summed E-state index contributed by atoms with van der Waals surface area (Å²) in [7, 11) is -9.52. The van der Waals surface area contributed by atoms with E-state index < -0.39 is 63.7 Å². The summed E-state index contributed by atoms with van der Waals surface area (Å²) >= 11 is 0. The number of phosphoric ester groups is 2. The zero-order valence-corrected chi connectivity index (χ0v) is 15.0. The van der Waals surface area contributed by atoms with Gasteiger partial charge in [0, 0.05) is 18.8 Å². The molecule has 0 radical (unpaired) electrons. The summed E-state index contributed by atoms with van der Waals surface area (Å²) < 4.78 is 31.8. The highest BCUT2D eigenvalue weighted by Gasteiger charge is 2.54. The predicted octanol–water partition coefficient (Wildman–Crippen LogP) is -0.0240. The van der Waals surface area contributed by atoms with Gasteiger partial charge in [0.1, 0.15) is 0 Å². The van der Waals surface area contributed by atoms with Crippen LogP contribution in [0.15, 0.2) is 0 Å². The minimum absolute atomic E-state index is 0.0404. The van der Waals surface area contributed by atoms with Gasteiger partial charge >= 0.3 is 15.6 Å². The molecule has 0 heterocycles.